The third-order valence-electron chi connectivity index (χ3n) is 3.16. The molecule has 1 amide bonds. The molecule has 2 rings (SSSR count). The van der Waals surface area contributed by atoms with E-state index in [1.54, 1.807) is 0 Å². The number of thiophene rings is 1. The Morgan fingerprint density at radius 2 is 2.44 bits per heavy atom. The zero-order chi connectivity index (χ0) is 11.5. The summed E-state index contributed by atoms with van der Waals surface area (Å²) in [6.45, 7) is 2.82. The van der Waals surface area contributed by atoms with E-state index in [2.05, 4.69) is 0 Å². The van der Waals surface area contributed by atoms with Gasteiger partial charge in [-0.15, -0.1) is 11.3 Å². The Morgan fingerprint density at radius 1 is 1.62 bits per heavy atom. The van der Waals surface area contributed by atoms with Crippen molar-refractivity contribution >= 4 is 17.2 Å². The molecule has 0 unspecified atom stereocenters. The van der Waals surface area contributed by atoms with E-state index < -0.39 is 0 Å². The van der Waals surface area contributed by atoms with Gasteiger partial charge in [-0.25, -0.2) is 0 Å². The molecule has 1 atom stereocenters. The highest BCUT2D eigenvalue weighted by Crippen LogP contribution is 2.23. The Kier molecular flexibility index (Phi) is 3.61. The molecule has 0 spiro atoms. The lowest BCUT2D eigenvalue weighted by atomic mass is 10.0. The van der Waals surface area contributed by atoms with Gasteiger partial charge in [0.25, 0.3) is 5.91 Å². The van der Waals surface area contributed by atoms with Gasteiger partial charge < -0.3 is 10.0 Å². The van der Waals surface area contributed by atoms with E-state index >= 15 is 0 Å². The van der Waals surface area contributed by atoms with E-state index in [0.717, 1.165) is 36.2 Å². The molecule has 4 heteroatoms. The van der Waals surface area contributed by atoms with E-state index in [4.69, 9.17) is 0 Å². The van der Waals surface area contributed by atoms with Gasteiger partial charge in [0.2, 0.25) is 0 Å². The highest BCUT2D eigenvalue weighted by molar-refractivity contribution is 7.12. The van der Waals surface area contributed by atoms with Crippen molar-refractivity contribution in [1.29, 1.82) is 0 Å². The topological polar surface area (TPSA) is 40.5 Å². The largest absolute Gasteiger partial charge is 0.394 e. The molecular weight excluding hydrogens is 222 g/mol. The molecule has 0 bridgehead atoms. The number of likely N-dealkylation sites (tertiary alicyclic amines) is 1. The fraction of sp³-hybridized carbons (Fsp3) is 0.583. The van der Waals surface area contributed by atoms with Crippen LogP contribution in [-0.2, 0) is 0 Å². The highest BCUT2D eigenvalue weighted by Gasteiger charge is 2.28. The van der Waals surface area contributed by atoms with Gasteiger partial charge in [-0.1, -0.05) is 0 Å². The van der Waals surface area contributed by atoms with Crippen molar-refractivity contribution in [2.24, 2.45) is 0 Å². The van der Waals surface area contributed by atoms with E-state index in [9.17, 15) is 9.90 Å². The molecule has 3 nitrogen and oxygen atoms in total. The number of rotatable bonds is 2. The molecule has 2 heterocycles. The molecule has 16 heavy (non-hydrogen) atoms. The summed E-state index contributed by atoms with van der Waals surface area (Å²) in [5.41, 5.74) is 1.04. The summed E-state index contributed by atoms with van der Waals surface area (Å²) in [6.07, 6.45) is 3.08. The van der Waals surface area contributed by atoms with Gasteiger partial charge in [0.05, 0.1) is 17.5 Å². The van der Waals surface area contributed by atoms with Crippen molar-refractivity contribution in [3.05, 3.63) is 21.9 Å². The summed E-state index contributed by atoms with van der Waals surface area (Å²) in [5.74, 6) is 0.0891. The predicted molar refractivity (Wildman–Crippen MR) is 64.8 cm³/mol. The molecule has 88 valence electrons. The Labute approximate surface area is 99.7 Å². The molecule has 1 aromatic heterocycles. The predicted octanol–water partition coefficient (Wildman–Crippen LogP) is 2.04. The molecule has 1 saturated heterocycles. The second-order valence-corrected chi connectivity index (χ2v) is 5.18. The monoisotopic (exact) mass is 239 g/mol. The number of aryl methyl sites for hydroxylation is 1. The summed E-state index contributed by atoms with van der Waals surface area (Å²) in [6, 6.07) is 1.98. The highest BCUT2D eigenvalue weighted by atomic mass is 32.1. The van der Waals surface area contributed by atoms with Crippen LogP contribution in [0.4, 0.5) is 0 Å². The van der Waals surface area contributed by atoms with Crippen molar-refractivity contribution in [2.45, 2.75) is 32.2 Å². The minimum atomic E-state index is 0.0164. The maximum Gasteiger partial charge on any atom is 0.264 e. The molecule has 0 aliphatic carbocycles. The number of hydrogen-bond acceptors (Lipinski definition) is 3. The first kappa shape index (κ1) is 11.6. The van der Waals surface area contributed by atoms with Crippen LogP contribution in [0.5, 0.6) is 0 Å². The van der Waals surface area contributed by atoms with Crippen LogP contribution in [0.25, 0.3) is 0 Å². The van der Waals surface area contributed by atoms with Crippen molar-refractivity contribution in [1.82, 2.24) is 4.90 Å². The zero-order valence-electron chi connectivity index (χ0n) is 9.48. The number of hydrogen-bond donors (Lipinski definition) is 1. The molecule has 0 radical (unpaired) electrons. The van der Waals surface area contributed by atoms with Crippen LogP contribution < -0.4 is 0 Å². The van der Waals surface area contributed by atoms with Gasteiger partial charge in [-0.3, -0.25) is 4.79 Å². The molecule has 1 aliphatic heterocycles. The van der Waals surface area contributed by atoms with Crippen LogP contribution in [0, 0.1) is 6.92 Å². The Morgan fingerprint density at radius 3 is 3.06 bits per heavy atom. The smallest absolute Gasteiger partial charge is 0.264 e. The number of amides is 1. The molecular formula is C12H17NO2S. The molecule has 1 aliphatic rings. The lowest BCUT2D eigenvalue weighted by Gasteiger charge is -2.34. The molecule has 0 aromatic carbocycles. The summed E-state index contributed by atoms with van der Waals surface area (Å²) < 4.78 is 0. The van der Waals surface area contributed by atoms with Crippen LogP contribution >= 0.6 is 11.3 Å². The van der Waals surface area contributed by atoms with Crippen LogP contribution in [-0.4, -0.2) is 35.1 Å². The van der Waals surface area contributed by atoms with Gasteiger partial charge in [0.1, 0.15) is 0 Å². The summed E-state index contributed by atoms with van der Waals surface area (Å²) in [7, 11) is 0. The second-order valence-electron chi connectivity index (χ2n) is 4.26. The average Bonchev–Trinajstić information content (AvgIpc) is 2.74. The molecule has 1 N–H and O–H groups in total. The fourth-order valence-electron chi connectivity index (χ4n) is 2.18. The van der Waals surface area contributed by atoms with Crippen LogP contribution in [0.3, 0.4) is 0 Å². The first-order valence-electron chi connectivity index (χ1n) is 5.70. The number of aliphatic hydroxyl groups excluding tert-OH is 1. The van der Waals surface area contributed by atoms with E-state index in [0.29, 0.717) is 0 Å². The van der Waals surface area contributed by atoms with Gasteiger partial charge in [-0.05, 0) is 43.2 Å². The number of piperidine rings is 1. The van der Waals surface area contributed by atoms with E-state index in [1.165, 1.54) is 11.3 Å². The third-order valence-corrected chi connectivity index (χ3v) is 4.16. The Hall–Kier alpha value is -0.870. The van der Waals surface area contributed by atoms with Gasteiger partial charge in [0.15, 0.2) is 0 Å². The second kappa shape index (κ2) is 4.97. The third kappa shape index (κ3) is 2.13. The Balaban J connectivity index is 2.17. The lowest BCUT2D eigenvalue weighted by molar-refractivity contribution is 0.0507. The van der Waals surface area contributed by atoms with Crippen molar-refractivity contribution in [3.63, 3.8) is 0 Å². The summed E-state index contributed by atoms with van der Waals surface area (Å²) in [5, 5.41) is 11.2. The molecule has 0 saturated carbocycles. The maximum absolute atomic E-state index is 12.3. The standard InChI is InChI=1S/C12H17NO2S/c1-9-5-7-16-11(9)12(15)13-6-3-2-4-10(13)8-14/h5,7,10,14H,2-4,6,8H2,1H3/t10-/m0/s1. The van der Waals surface area contributed by atoms with E-state index in [-0.39, 0.29) is 18.6 Å². The average molecular weight is 239 g/mol. The zero-order valence-corrected chi connectivity index (χ0v) is 10.3. The maximum atomic E-state index is 12.3. The minimum Gasteiger partial charge on any atom is -0.394 e. The normalized spacial score (nSPS) is 21.1. The number of aliphatic hydroxyl groups is 1. The summed E-state index contributed by atoms with van der Waals surface area (Å²) >= 11 is 1.49. The fourth-order valence-corrected chi connectivity index (χ4v) is 3.06. The number of nitrogens with zero attached hydrogens (tertiary/aromatic N) is 1. The van der Waals surface area contributed by atoms with Gasteiger partial charge in [0, 0.05) is 6.54 Å². The van der Waals surface area contributed by atoms with Crippen molar-refractivity contribution in [3.8, 4) is 0 Å². The molecule has 1 fully saturated rings. The van der Waals surface area contributed by atoms with Gasteiger partial charge >= 0.3 is 0 Å². The quantitative estimate of drug-likeness (QED) is 0.858. The van der Waals surface area contributed by atoms with Crippen molar-refractivity contribution < 1.29 is 9.90 Å². The van der Waals surface area contributed by atoms with Crippen LogP contribution in [0.1, 0.15) is 34.5 Å². The van der Waals surface area contributed by atoms with Crippen LogP contribution in [0.2, 0.25) is 0 Å². The molecule has 1 aromatic rings. The van der Waals surface area contributed by atoms with Crippen molar-refractivity contribution in [2.75, 3.05) is 13.2 Å². The Bertz CT molecular complexity index is 375. The first-order chi connectivity index (χ1) is 7.74. The first-order valence-corrected chi connectivity index (χ1v) is 6.58. The minimum absolute atomic E-state index is 0.0164. The summed E-state index contributed by atoms with van der Waals surface area (Å²) in [4.78, 5) is 14.9. The lowest BCUT2D eigenvalue weighted by Crippen LogP contribution is -2.45. The van der Waals surface area contributed by atoms with Crippen LogP contribution in [0.15, 0.2) is 11.4 Å². The SMILES string of the molecule is Cc1ccsc1C(=O)N1CCCC[C@H]1CO. The number of carbonyl (C=O) groups excluding carboxylic acids is 1. The number of carbonyl (C=O) groups is 1. The van der Waals surface area contributed by atoms with Gasteiger partial charge in [-0.2, -0.15) is 0 Å². The van der Waals surface area contributed by atoms with E-state index in [1.807, 2.05) is 23.3 Å².